The molecule has 1 N–H and O–H groups in total. The maximum Gasteiger partial charge on any atom is 0.290 e. The lowest BCUT2D eigenvalue weighted by Gasteiger charge is -2.10. The predicted octanol–water partition coefficient (Wildman–Crippen LogP) is 1.89. The summed E-state index contributed by atoms with van der Waals surface area (Å²) in [5.74, 6) is 0.0936. The minimum absolute atomic E-state index is 0.0233. The highest BCUT2D eigenvalue weighted by atomic mass is 16.6. The molecular formula is C18H14N6O3. The van der Waals surface area contributed by atoms with Gasteiger partial charge in [0.15, 0.2) is 5.82 Å². The molecule has 9 heteroatoms. The number of nitrogens with one attached hydrogen (secondary N) is 1. The summed E-state index contributed by atoms with van der Waals surface area (Å²) in [6, 6.07) is 13.9. The van der Waals surface area contributed by atoms with E-state index in [0.29, 0.717) is 22.8 Å². The number of nitro groups is 1. The first-order valence-electron chi connectivity index (χ1n) is 8.15. The molecule has 1 aliphatic rings. The number of fused-ring (bicyclic) bond motifs is 3. The maximum atomic E-state index is 11.9. The first-order valence-corrected chi connectivity index (χ1v) is 8.15. The molecule has 0 radical (unpaired) electrons. The van der Waals surface area contributed by atoms with Crippen LogP contribution < -0.4 is 5.32 Å². The van der Waals surface area contributed by atoms with Gasteiger partial charge in [0.1, 0.15) is 0 Å². The van der Waals surface area contributed by atoms with E-state index < -0.39 is 10.8 Å². The quantitative estimate of drug-likeness (QED) is 0.564. The van der Waals surface area contributed by atoms with E-state index in [1.165, 1.54) is 23.9 Å². The largest absolute Gasteiger partial charge is 0.352 e. The summed E-state index contributed by atoms with van der Waals surface area (Å²) in [5.41, 5.74) is 2.54. The Labute approximate surface area is 153 Å². The van der Waals surface area contributed by atoms with Crippen LogP contribution in [0, 0.1) is 10.1 Å². The Bertz CT molecular complexity index is 1090. The number of aromatic nitrogens is 3. The lowest BCUT2D eigenvalue weighted by molar-refractivity contribution is -0.384. The molecule has 1 aliphatic heterocycles. The average Bonchev–Trinajstić information content (AvgIpc) is 3.06. The highest BCUT2D eigenvalue weighted by molar-refractivity contribution is 6.15. The molecular weight excluding hydrogens is 348 g/mol. The van der Waals surface area contributed by atoms with Crippen LogP contribution in [0.25, 0.3) is 5.69 Å². The van der Waals surface area contributed by atoms with Crippen LogP contribution in [0.5, 0.6) is 0 Å². The molecule has 0 unspecified atom stereocenters. The normalized spacial score (nSPS) is 12.4. The van der Waals surface area contributed by atoms with Gasteiger partial charge in [-0.25, -0.2) is 9.67 Å². The van der Waals surface area contributed by atoms with Crippen LogP contribution in [0.4, 0.5) is 5.69 Å². The lowest BCUT2D eigenvalue weighted by atomic mass is 10.00. The lowest BCUT2D eigenvalue weighted by Crippen LogP contribution is -2.19. The Morgan fingerprint density at radius 1 is 1.22 bits per heavy atom. The molecule has 3 aromatic rings. The van der Waals surface area contributed by atoms with Crippen LogP contribution in [-0.2, 0) is 6.54 Å². The third kappa shape index (κ3) is 2.84. The smallest absolute Gasteiger partial charge is 0.290 e. The maximum absolute atomic E-state index is 11.9. The van der Waals surface area contributed by atoms with Crippen molar-refractivity contribution in [1.29, 1.82) is 0 Å². The number of rotatable bonds is 3. The highest BCUT2D eigenvalue weighted by Gasteiger charge is 2.25. The number of hydrogen-bond donors (Lipinski definition) is 1. The summed E-state index contributed by atoms with van der Waals surface area (Å²) >= 11 is 0. The van der Waals surface area contributed by atoms with Gasteiger partial charge in [0.25, 0.3) is 11.6 Å². The van der Waals surface area contributed by atoms with Gasteiger partial charge in [-0.2, -0.15) is 0 Å². The van der Waals surface area contributed by atoms with Crippen molar-refractivity contribution in [2.75, 3.05) is 7.05 Å². The molecule has 27 heavy (non-hydrogen) atoms. The summed E-state index contributed by atoms with van der Waals surface area (Å²) in [4.78, 5) is 31.6. The van der Waals surface area contributed by atoms with Crippen LogP contribution in [0.2, 0.25) is 0 Å². The van der Waals surface area contributed by atoms with Crippen molar-refractivity contribution in [3.8, 4) is 5.69 Å². The zero-order valence-corrected chi connectivity index (χ0v) is 14.3. The van der Waals surface area contributed by atoms with E-state index in [0.717, 1.165) is 5.56 Å². The van der Waals surface area contributed by atoms with Gasteiger partial charge in [-0.3, -0.25) is 19.9 Å². The Balaban J connectivity index is 1.95. The zero-order valence-electron chi connectivity index (χ0n) is 14.3. The second kappa shape index (κ2) is 6.45. The van der Waals surface area contributed by atoms with Gasteiger partial charge in [0.05, 0.1) is 22.9 Å². The molecule has 0 aliphatic carbocycles. The number of hydrogen-bond acceptors (Lipinski definition) is 6. The topological polar surface area (TPSA) is 115 Å². The van der Waals surface area contributed by atoms with Gasteiger partial charge >= 0.3 is 0 Å². The van der Waals surface area contributed by atoms with Crippen LogP contribution >= 0.6 is 0 Å². The molecule has 1 amide bonds. The Hall–Kier alpha value is -3.88. The second-order valence-electron chi connectivity index (χ2n) is 5.83. The van der Waals surface area contributed by atoms with Crippen molar-refractivity contribution >= 4 is 17.3 Å². The fourth-order valence-electron chi connectivity index (χ4n) is 2.94. The summed E-state index contributed by atoms with van der Waals surface area (Å²) in [5, 5.41) is 18.0. The molecule has 0 bridgehead atoms. The summed E-state index contributed by atoms with van der Waals surface area (Å²) < 4.78 is 1.52. The number of nitro benzene ring substituents is 1. The van der Waals surface area contributed by atoms with E-state index in [9.17, 15) is 14.9 Å². The molecule has 9 nitrogen and oxygen atoms in total. The van der Waals surface area contributed by atoms with E-state index in [1.807, 2.05) is 30.3 Å². The van der Waals surface area contributed by atoms with Crippen LogP contribution in [-0.4, -0.2) is 38.4 Å². The summed E-state index contributed by atoms with van der Waals surface area (Å²) in [6.45, 7) is 0.191. The number of carbonyl (C=O) groups is 1. The number of carbonyl (C=O) groups excluding carboxylic acids is 1. The summed E-state index contributed by atoms with van der Waals surface area (Å²) in [7, 11) is 1.50. The van der Waals surface area contributed by atoms with E-state index in [-0.39, 0.29) is 18.1 Å². The van der Waals surface area contributed by atoms with Crippen LogP contribution in [0.15, 0.2) is 53.5 Å². The van der Waals surface area contributed by atoms with Crippen molar-refractivity contribution < 1.29 is 9.72 Å². The molecule has 2 heterocycles. The SMILES string of the molecule is CNC(=O)c1nc2n(n1)-c1ccc([N+](=O)[O-])cc1C(c1ccccc1)=NC2. The number of benzene rings is 2. The Morgan fingerprint density at radius 2 is 2.00 bits per heavy atom. The first kappa shape index (κ1) is 16.6. The predicted molar refractivity (Wildman–Crippen MR) is 97.2 cm³/mol. The van der Waals surface area contributed by atoms with Gasteiger partial charge in [-0.05, 0) is 6.07 Å². The van der Waals surface area contributed by atoms with E-state index in [4.69, 9.17) is 0 Å². The molecule has 2 aromatic carbocycles. The number of aliphatic imine (C=N–C) groups is 1. The van der Waals surface area contributed by atoms with Crippen molar-refractivity contribution in [2.45, 2.75) is 6.54 Å². The first-order chi connectivity index (χ1) is 13.1. The van der Waals surface area contributed by atoms with Crippen molar-refractivity contribution in [3.05, 3.63) is 81.4 Å². The molecule has 0 saturated carbocycles. The standard InChI is InChI=1S/C18H14N6O3/c1-19-18(25)17-21-15-10-20-16(11-5-3-2-4-6-11)13-9-12(24(26)27)7-8-14(13)23(15)22-17/h2-9H,10H2,1H3,(H,19,25). The van der Waals surface area contributed by atoms with E-state index in [1.54, 1.807) is 6.07 Å². The van der Waals surface area contributed by atoms with E-state index in [2.05, 4.69) is 20.4 Å². The average molecular weight is 362 g/mol. The fraction of sp³-hybridized carbons (Fsp3) is 0.111. The molecule has 0 fully saturated rings. The van der Waals surface area contributed by atoms with Gasteiger partial charge < -0.3 is 5.32 Å². The van der Waals surface area contributed by atoms with E-state index >= 15 is 0 Å². The van der Waals surface area contributed by atoms with Crippen LogP contribution in [0.1, 0.15) is 27.6 Å². The number of amides is 1. The zero-order chi connectivity index (χ0) is 19.0. The second-order valence-corrected chi connectivity index (χ2v) is 5.83. The van der Waals surface area contributed by atoms with Gasteiger partial charge in [-0.15, -0.1) is 5.10 Å². The molecule has 4 rings (SSSR count). The molecule has 1 aromatic heterocycles. The molecule has 0 spiro atoms. The Kier molecular flexibility index (Phi) is 3.96. The number of non-ortho nitro benzene ring substituents is 1. The van der Waals surface area contributed by atoms with Crippen molar-refractivity contribution in [2.24, 2.45) is 4.99 Å². The molecule has 0 atom stereocenters. The monoisotopic (exact) mass is 362 g/mol. The Morgan fingerprint density at radius 3 is 2.70 bits per heavy atom. The summed E-state index contributed by atoms with van der Waals surface area (Å²) in [6.07, 6.45) is 0. The van der Waals surface area contributed by atoms with Gasteiger partial charge in [0.2, 0.25) is 5.82 Å². The number of nitrogens with zero attached hydrogens (tertiary/aromatic N) is 5. The minimum atomic E-state index is -0.452. The third-order valence-electron chi connectivity index (χ3n) is 4.20. The highest BCUT2D eigenvalue weighted by Crippen LogP contribution is 2.27. The van der Waals surface area contributed by atoms with Gasteiger partial charge in [0, 0.05) is 30.3 Å². The minimum Gasteiger partial charge on any atom is -0.352 e. The van der Waals surface area contributed by atoms with Gasteiger partial charge in [-0.1, -0.05) is 30.3 Å². The van der Waals surface area contributed by atoms with Crippen LogP contribution in [0.3, 0.4) is 0 Å². The van der Waals surface area contributed by atoms with Crippen molar-refractivity contribution in [3.63, 3.8) is 0 Å². The molecule has 134 valence electrons. The fourth-order valence-corrected chi connectivity index (χ4v) is 2.94. The van der Waals surface area contributed by atoms with Crippen molar-refractivity contribution in [1.82, 2.24) is 20.1 Å². The molecule has 0 saturated heterocycles. The third-order valence-corrected chi connectivity index (χ3v) is 4.20.